The number of rotatable bonds is 5. The van der Waals surface area contributed by atoms with Gasteiger partial charge >= 0.3 is 0 Å². The first-order valence-electron chi connectivity index (χ1n) is 10.4. The highest BCUT2D eigenvalue weighted by atomic mass is 19.1. The molecule has 1 nitrogen and oxygen atoms in total. The van der Waals surface area contributed by atoms with Crippen LogP contribution in [0.2, 0.25) is 0 Å². The maximum Gasteiger partial charge on any atom is 0.127 e. The molecule has 2 aliphatic rings. The molecule has 2 aliphatic carbocycles. The van der Waals surface area contributed by atoms with Gasteiger partial charge in [-0.15, -0.1) is 0 Å². The molecule has 0 radical (unpaired) electrons. The molecule has 0 aliphatic heterocycles. The van der Waals surface area contributed by atoms with Gasteiger partial charge in [0.2, 0.25) is 0 Å². The van der Waals surface area contributed by atoms with Gasteiger partial charge in [-0.1, -0.05) is 45.1 Å². The second-order valence-electron chi connectivity index (χ2n) is 8.43. The van der Waals surface area contributed by atoms with E-state index in [1.165, 1.54) is 63.9 Å². The molecule has 0 bridgehead atoms. The fourth-order valence-corrected chi connectivity index (χ4v) is 5.20. The van der Waals surface area contributed by atoms with Crippen LogP contribution >= 0.6 is 0 Å². The Bertz CT molecular complexity index is 587. The number of nitriles is 1. The second-order valence-corrected chi connectivity index (χ2v) is 8.43. The molecule has 2 heteroatoms. The Kier molecular flexibility index (Phi) is 6.51. The summed E-state index contributed by atoms with van der Waals surface area (Å²) in [6, 6.07) is 6.91. The van der Waals surface area contributed by atoms with Crippen molar-refractivity contribution in [3.63, 3.8) is 0 Å². The van der Waals surface area contributed by atoms with Gasteiger partial charge in [0.25, 0.3) is 0 Å². The molecule has 3 rings (SSSR count). The van der Waals surface area contributed by atoms with E-state index in [2.05, 4.69) is 6.92 Å². The monoisotopic (exact) mass is 341 g/mol. The molecule has 2 saturated carbocycles. The molecule has 0 N–H and O–H groups in total. The smallest absolute Gasteiger partial charge is 0.127 e. The van der Waals surface area contributed by atoms with Gasteiger partial charge in [-0.25, -0.2) is 4.39 Å². The standard InChI is InChI=1S/C23H32FN/c1-2-17-3-9-20(10-4-17)21-11-5-18(6-12-21)7-13-22-14-8-19(16-25)15-23(22)24/h8,14-15,17-18,20-21H,2-7,9-13H2,1H3. The zero-order chi connectivity index (χ0) is 17.6. The minimum Gasteiger partial charge on any atom is -0.207 e. The van der Waals surface area contributed by atoms with E-state index in [4.69, 9.17) is 5.26 Å². The number of aryl methyl sites for hydroxylation is 1. The highest BCUT2D eigenvalue weighted by molar-refractivity contribution is 5.32. The van der Waals surface area contributed by atoms with Crippen molar-refractivity contribution in [2.24, 2.45) is 23.7 Å². The van der Waals surface area contributed by atoms with Crippen LogP contribution in [0.3, 0.4) is 0 Å². The Balaban J connectivity index is 1.42. The highest BCUT2D eigenvalue weighted by Gasteiger charge is 2.30. The van der Waals surface area contributed by atoms with E-state index < -0.39 is 0 Å². The third kappa shape index (κ3) is 4.84. The molecular weight excluding hydrogens is 309 g/mol. The Morgan fingerprint density at radius 2 is 1.56 bits per heavy atom. The summed E-state index contributed by atoms with van der Waals surface area (Å²) in [5.74, 6) is 3.49. The van der Waals surface area contributed by atoms with E-state index >= 15 is 0 Å². The van der Waals surface area contributed by atoms with Crippen molar-refractivity contribution in [1.82, 2.24) is 0 Å². The average molecular weight is 342 g/mol. The quantitative estimate of drug-likeness (QED) is 0.588. The molecule has 1 aromatic rings. The van der Waals surface area contributed by atoms with Gasteiger partial charge < -0.3 is 0 Å². The number of benzene rings is 1. The van der Waals surface area contributed by atoms with Crippen LogP contribution < -0.4 is 0 Å². The van der Waals surface area contributed by atoms with Gasteiger partial charge in [-0.2, -0.15) is 5.26 Å². The molecule has 0 amide bonds. The van der Waals surface area contributed by atoms with Crippen LogP contribution in [0, 0.1) is 40.8 Å². The molecule has 0 heterocycles. The van der Waals surface area contributed by atoms with Crippen molar-refractivity contribution in [3.8, 4) is 6.07 Å². The number of hydrogen-bond donors (Lipinski definition) is 0. The fourth-order valence-electron chi connectivity index (χ4n) is 5.20. The Morgan fingerprint density at radius 1 is 0.960 bits per heavy atom. The Labute approximate surface area is 152 Å². The van der Waals surface area contributed by atoms with Crippen LogP contribution in [-0.4, -0.2) is 0 Å². The van der Waals surface area contributed by atoms with E-state index in [0.717, 1.165) is 42.1 Å². The molecule has 0 saturated heterocycles. The number of hydrogen-bond acceptors (Lipinski definition) is 1. The van der Waals surface area contributed by atoms with Gasteiger partial charge in [0.15, 0.2) is 0 Å². The van der Waals surface area contributed by atoms with Crippen LogP contribution in [0.1, 0.15) is 82.3 Å². The van der Waals surface area contributed by atoms with Crippen molar-refractivity contribution < 1.29 is 4.39 Å². The number of nitrogens with zero attached hydrogens (tertiary/aromatic N) is 1. The molecule has 0 unspecified atom stereocenters. The topological polar surface area (TPSA) is 23.8 Å². The zero-order valence-corrected chi connectivity index (χ0v) is 15.6. The lowest BCUT2D eigenvalue weighted by Gasteiger charge is -2.37. The molecule has 136 valence electrons. The van der Waals surface area contributed by atoms with Crippen molar-refractivity contribution in [3.05, 3.63) is 35.1 Å². The third-order valence-electron chi connectivity index (χ3n) is 7.03. The Morgan fingerprint density at radius 3 is 2.08 bits per heavy atom. The lowest BCUT2D eigenvalue weighted by Crippen LogP contribution is -2.25. The lowest BCUT2D eigenvalue weighted by atomic mass is 9.68. The second kappa shape index (κ2) is 8.84. The summed E-state index contributed by atoms with van der Waals surface area (Å²) < 4.78 is 14.0. The van der Waals surface area contributed by atoms with Crippen LogP contribution in [0.4, 0.5) is 4.39 Å². The first kappa shape index (κ1) is 18.4. The first-order valence-corrected chi connectivity index (χ1v) is 10.4. The van der Waals surface area contributed by atoms with Gasteiger partial charge in [0.1, 0.15) is 5.82 Å². The van der Waals surface area contributed by atoms with Crippen molar-refractivity contribution >= 4 is 0 Å². The summed E-state index contributed by atoms with van der Waals surface area (Å²) >= 11 is 0. The maximum absolute atomic E-state index is 14.0. The molecule has 1 aromatic carbocycles. The van der Waals surface area contributed by atoms with Crippen LogP contribution in [0.15, 0.2) is 18.2 Å². The van der Waals surface area contributed by atoms with Crippen LogP contribution in [0.5, 0.6) is 0 Å². The van der Waals surface area contributed by atoms with Crippen LogP contribution in [0.25, 0.3) is 0 Å². The summed E-state index contributed by atoms with van der Waals surface area (Å²) in [5.41, 5.74) is 1.19. The largest absolute Gasteiger partial charge is 0.207 e. The molecule has 0 atom stereocenters. The minimum atomic E-state index is -0.208. The van der Waals surface area contributed by atoms with E-state index in [0.29, 0.717) is 5.56 Å². The van der Waals surface area contributed by atoms with Crippen molar-refractivity contribution in [2.45, 2.75) is 77.6 Å². The molecule has 0 spiro atoms. The highest BCUT2D eigenvalue weighted by Crippen LogP contribution is 2.42. The minimum absolute atomic E-state index is 0.208. The average Bonchev–Trinajstić information content (AvgIpc) is 2.67. The van der Waals surface area contributed by atoms with E-state index in [1.54, 1.807) is 12.1 Å². The SMILES string of the molecule is CCC1CCC(C2CCC(CCc3ccc(C#N)cc3F)CC2)CC1. The normalized spacial score (nSPS) is 30.0. The third-order valence-corrected chi connectivity index (χ3v) is 7.03. The molecule has 25 heavy (non-hydrogen) atoms. The fraction of sp³-hybridized carbons (Fsp3) is 0.696. The Hall–Kier alpha value is -1.36. The zero-order valence-electron chi connectivity index (χ0n) is 15.6. The summed E-state index contributed by atoms with van der Waals surface area (Å²) in [6.45, 7) is 2.34. The van der Waals surface area contributed by atoms with Crippen molar-refractivity contribution in [2.75, 3.05) is 0 Å². The lowest BCUT2D eigenvalue weighted by molar-refractivity contribution is 0.142. The van der Waals surface area contributed by atoms with Gasteiger partial charge in [0, 0.05) is 0 Å². The van der Waals surface area contributed by atoms with Crippen molar-refractivity contribution in [1.29, 1.82) is 5.26 Å². The van der Waals surface area contributed by atoms with Gasteiger partial charge in [-0.3, -0.25) is 0 Å². The summed E-state index contributed by atoms with van der Waals surface area (Å²) in [6.07, 6.45) is 14.6. The predicted molar refractivity (Wildman–Crippen MR) is 101 cm³/mol. The maximum atomic E-state index is 14.0. The molecule has 2 fully saturated rings. The predicted octanol–water partition coefficient (Wildman–Crippen LogP) is 6.65. The molecule has 0 aromatic heterocycles. The summed E-state index contributed by atoms with van der Waals surface area (Å²) in [4.78, 5) is 0. The van der Waals surface area contributed by atoms with E-state index in [1.807, 2.05) is 6.07 Å². The van der Waals surface area contributed by atoms with E-state index in [-0.39, 0.29) is 5.82 Å². The van der Waals surface area contributed by atoms with Gasteiger partial charge in [-0.05, 0) is 79.9 Å². The van der Waals surface area contributed by atoms with Gasteiger partial charge in [0.05, 0.1) is 11.6 Å². The van der Waals surface area contributed by atoms with Crippen LogP contribution in [-0.2, 0) is 6.42 Å². The summed E-state index contributed by atoms with van der Waals surface area (Å²) in [5, 5.41) is 8.83. The van der Waals surface area contributed by atoms with E-state index in [9.17, 15) is 4.39 Å². The molecular formula is C23H32FN. The first-order chi connectivity index (χ1) is 12.2. The summed E-state index contributed by atoms with van der Waals surface area (Å²) in [7, 11) is 0. The number of halogens is 1.